The average Bonchev–Trinajstić information content (AvgIpc) is 2.70. The Balaban J connectivity index is 1.25. The summed E-state index contributed by atoms with van der Waals surface area (Å²) in [5.41, 5.74) is 6.66. The minimum absolute atomic E-state index is 0.0280. The molecule has 2 amide bonds. The van der Waals surface area contributed by atoms with E-state index in [0.717, 1.165) is 80.5 Å². The van der Waals surface area contributed by atoms with E-state index in [1.807, 2.05) is 17.0 Å². The van der Waals surface area contributed by atoms with Crippen LogP contribution in [0, 0.1) is 12.8 Å². The van der Waals surface area contributed by atoms with Crippen molar-refractivity contribution in [3.63, 3.8) is 0 Å². The van der Waals surface area contributed by atoms with Crippen LogP contribution in [0.2, 0.25) is 0 Å². The highest BCUT2D eigenvalue weighted by Gasteiger charge is 2.32. The molecule has 0 unspecified atom stereocenters. The van der Waals surface area contributed by atoms with E-state index in [1.54, 1.807) is 0 Å². The van der Waals surface area contributed by atoms with Crippen LogP contribution in [-0.4, -0.2) is 42.9 Å². The number of likely N-dealkylation sites (tertiary alicyclic amines) is 1. The second-order valence-corrected chi connectivity index (χ2v) is 8.90. The van der Waals surface area contributed by atoms with Gasteiger partial charge in [-0.05, 0) is 81.9 Å². The first kappa shape index (κ1) is 20.0. The van der Waals surface area contributed by atoms with Gasteiger partial charge >= 0.3 is 0 Å². The van der Waals surface area contributed by atoms with Crippen LogP contribution in [0.1, 0.15) is 66.9 Å². The predicted octanol–water partition coefficient (Wildman–Crippen LogP) is 3.82. The quantitative estimate of drug-likeness (QED) is 0.797. The number of aryl methyl sites for hydroxylation is 1. The van der Waals surface area contributed by atoms with Crippen molar-refractivity contribution in [2.24, 2.45) is 5.92 Å². The second-order valence-electron chi connectivity index (χ2n) is 8.90. The van der Waals surface area contributed by atoms with Crippen LogP contribution in [0.4, 0.5) is 5.69 Å². The maximum absolute atomic E-state index is 12.7. The molecule has 5 nitrogen and oxygen atoms in total. The summed E-state index contributed by atoms with van der Waals surface area (Å²) in [4.78, 5) is 27.4. The molecule has 0 saturated carbocycles. The van der Waals surface area contributed by atoms with E-state index in [1.165, 1.54) is 17.6 Å². The zero-order valence-electron chi connectivity index (χ0n) is 17.8. The number of carbonyl (C=O) groups excluding carboxylic acids is 2. The molecule has 0 radical (unpaired) electrons. The number of amides is 2. The Morgan fingerprint density at radius 3 is 2.69 bits per heavy atom. The molecule has 0 spiro atoms. The van der Waals surface area contributed by atoms with Gasteiger partial charge < -0.3 is 15.5 Å². The van der Waals surface area contributed by atoms with E-state index >= 15 is 0 Å². The molecule has 2 heterocycles. The second kappa shape index (κ2) is 8.60. The number of fused-ring (bicyclic) bond motifs is 1. The van der Waals surface area contributed by atoms with Crippen molar-refractivity contribution in [2.75, 3.05) is 31.5 Å². The first-order valence-electron chi connectivity index (χ1n) is 11.2. The van der Waals surface area contributed by atoms with Crippen LogP contribution >= 0.6 is 0 Å². The van der Waals surface area contributed by atoms with E-state index in [-0.39, 0.29) is 11.8 Å². The zero-order valence-corrected chi connectivity index (χ0v) is 17.8. The molecular formula is C24H33N3O2. The van der Waals surface area contributed by atoms with E-state index in [0.29, 0.717) is 12.5 Å². The Morgan fingerprint density at radius 2 is 1.90 bits per heavy atom. The summed E-state index contributed by atoms with van der Waals surface area (Å²) in [5, 5.41) is 6.55. The minimum Gasteiger partial charge on any atom is -0.385 e. The Bertz CT molecular complexity index is 837. The molecule has 2 N–H and O–H groups in total. The summed E-state index contributed by atoms with van der Waals surface area (Å²) in [6.07, 6.45) is 7.32. The number of allylic oxidation sites excluding steroid dienone is 1. The van der Waals surface area contributed by atoms with Crippen molar-refractivity contribution in [1.82, 2.24) is 10.2 Å². The van der Waals surface area contributed by atoms with Crippen LogP contribution in [0.15, 0.2) is 23.3 Å². The van der Waals surface area contributed by atoms with Gasteiger partial charge in [0, 0.05) is 43.0 Å². The number of anilines is 1. The summed E-state index contributed by atoms with van der Waals surface area (Å²) in [6, 6.07) is 3.99. The van der Waals surface area contributed by atoms with Crippen molar-refractivity contribution in [3.8, 4) is 0 Å². The van der Waals surface area contributed by atoms with Gasteiger partial charge in [0.15, 0.2) is 0 Å². The molecule has 5 heteroatoms. The molecule has 1 aromatic rings. The SMILES string of the molecule is CC1=C(C(=O)N2CC(CCNC(=O)c3ccc(C)c4c3CCCN4)C2)CCCC1. The van der Waals surface area contributed by atoms with E-state index in [9.17, 15) is 9.59 Å². The standard InChI is InChI=1S/C24H33N3O2/c1-16-6-3-4-7-19(16)24(29)27-14-18(15-27)11-13-26-23(28)21-10-9-17(2)22-20(21)8-5-12-25-22/h9-10,18,25H,3-8,11-15H2,1-2H3,(H,26,28). The Kier molecular flexibility index (Phi) is 5.93. The third-order valence-corrected chi connectivity index (χ3v) is 6.76. The van der Waals surface area contributed by atoms with Gasteiger partial charge in [0.25, 0.3) is 5.91 Å². The van der Waals surface area contributed by atoms with Crippen molar-refractivity contribution < 1.29 is 9.59 Å². The molecule has 1 saturated heterocycles. The third kappa shape index (κ3) is 4.19. The Morgan fingerprint density at radius 1 is 1.10 bits per heavy atom. The van der Waals surface area contributed by atoms with Crippen LogP contribution < -0.4 is 10.6 Å². The number of carbonyl (C=O) groups is 2. The number of hydrogen-bond acceptors (Lipinski definition) is 3. The molecule has 1 aromatic carbocycles. The minimum atomic E-state index is 0.0280. The van der Waals surface area contributed by atoms with Gasteiger partial charge in [-0.3, -0.25) is 9.59 Å². The lowest BCUT2D eigenvalue weighted by atomic mass is 9.89. The van der Waals surface area contributed by atoms with Crippen molar-refractivity contribution >= 4 is 17.5 Å². The smallest absolute Gasteiger partial charge is 0.251 e. The molecule has 2 aliphatic heterocycles. The monoisotopic (exact) mass is 395 g/mol. The Labute approximate surface area is 173 Å². The molecule has 4 rings (SSSR count). The molecule has 0 bridgehead atoms. The van der Waals surface area contributed by atoms with Crippen LogP contribution in [-0.2, 0) is 11.2 Å². The first-order valence-corrected chi connectivity index (χ1v) is 11.2. The summed E-state index contributed by atoms with van der Waals surface area (Å²) in [5.74, 6) is 0.777. The summed E-state index contributed by atoms with van der Waals surface area (Å²) in [6.45, 7) is 7.51. The normalized spacial score (nSPS) is 19.3. The third-order valence-electron chi connectivity index (χ3n) is 6.76. The fraction of sp³-hybridized carbons (Fsp3) is 0.583. The fourth-order valence-electron chi connectivity index (χ4n) is 4.90. The maximum Gasteiger partial charge on any atom is 0.251 e. The molecule has 0 atom stereocenters. The van der Waals surface area contributed by atoms with Crippen LogP contribution in [0.5, 0.6) is 0 Å². The molecule has 1 aliphatic carbocycles. The number of nitrogens with zero attached hydrogens (tertiary/aromatic N) is 1. The highest BCUT2D eigenvalue weighted by Crippen LogP contribution is 2.30. The molecule has 29 heavy (non-hydrogen) atoms. The molecule has 0 aromatic heterocycles. The Hall–Kier alpha value is -2.30. The number of nitrogens with one attached hydrogen (secondary N) is 2. The van der Waals surface area contributed by atoms with Gasteiger partial charge in [-0.2, -0.15) is 0 Å². The topological polar surface area (TPSA) is 61.4 Å². The van der Waals surface area contributed by atoms with Crippen molar-refractivity contribution in [1.29, 1.82) is 0 Å². The molecule has 1 fully saturated rings. The highest BCUT2D eigenvalue weighted by atomic mass is 16.2. The summed E-state index contributed by atoms with van der Waals surface area (Å²) < 4.78 is 0. The summed E-state index contributed by atoms with van der Waals surface area (Å²) in [7, 11) is 0. The lowest BCUT2D eigenvalue weighted by molar-refractivity contribution is -0.133. The van der Waals surface area contributed by atoms with E-state index in [2.05, 4.69) is 24.5 Å². The molecule has 3 aliphatic rings. The summed E-state index contributed by atoms with van der Waals surface area (Å²) >= 11 is 0. The number of benzene rings is 1. The number of hydrogen-bond donors (Lipinski definition) is 2. The zero-order chi connectivity index (χ0) is 20.4. The van der Waals surface area contributed by atoms with Gasteiger partial charge in [-0.25, -0.2) is 0 Å². The van der Waals surface area contributed by atoms with Gasteiger partial charge in [-0.1, -0.05) is 11.6 Å². The lowest BCUT2D eigenvalue weighted by Crippen LogP contribution is -2.51. The fourth-order valence-corrected chi connectivity index (χ4v) is 4.90. The van der Waals surface area contributed by atoms with Gasteiger partial charge in [-0.15, -0.1) is 0 Å². The largest absolute Gasteiger partial charge is 0.385 e. The molecule has 156 valence electrons. The first-order chi connectivity index (χ1) is 14.0. The van der Waals surface area contributed by atoms with Crippen molar-refractivity contribution in [2.45, 2.75) is 58.8 Å². The predicted molar refractivity (Wildman–Crippen MR) is 116 cm³/mol. The average molecular weight is 396 g/mol. The van der Waals surface area contributed by atoms with Crippen LogP contribution in [0.25, 0.3) is 0 Å². The number of rotatable bonds is 5. The van der Waals surface area contributed by atoms with Crippen LogP contribution in [0.3, 0.4) is 0 Å². The molecular weight excluding hydrogens is 362 g/mol. The van der Waals surface area contributed by atoms with E-state index in [4.69, 9.17) is 0 Å². The van der Waals surface area contributed by atoms with Gasteiger partial charge in [0.1, 0.15) is 0 Å². The van der Waals surface area contributed by atoms with Gasteiger partial charge in [0.05, 0.1) is 0 Å². The van der Waals surface area contributed by atoms with E-state index < -0.39 is 0 Å². The highest BCUT2D eigenvalue weighted by molar-refractivity contribution is 5.97. The van der Waals surface area contributed by atoms with Gasteiger partial charge in [0.2, 0.25) is 5.91 Å². The maximum atomic E-state index is 12.7. The van der Waals surface area contributed by atoms with Crippen molar-refractivity contribution in [3.05, 3.63) is 40.0 Å². The lowest BCUT2D eigenvalue weighted by Gasteiger charge is -2.40.